The highest BCUT2D eigenvalue weighted by molar-refractivity contribution is 7.13. The van der Waals surface area contributed by atoms with Gasteiger partial charge in [-0.05, 0) is 12.8 Å². The molecule has 1 aromatic heterocycles. The number of nitrogens with one attached hydrogen (secondary N) is 1. The summed E-state index contributed by atoms with van der Waals surface area (Å²) in [6.07, 6.45) is 5.94. The van der Waals surface area contributed by atoms with Crippen molar-refractivity contribution in [2.45, 2.75) is 12.8 Å². The van der Waals surface area contributed by atoms with Crippen LogP contribution < -0.4 is 5.32 Å². The Morgan fingerprint density at radius 3 is 3.27 bits per heavy atom. The van der Waals surface area contributed by atoms with Crippen LogP contribution in [0.1, 0.15) is 12.8 Å². The van der Waals surface area contributed by atoms with E-state index in [1.807, 2.05) is 11.5 Å². The summed E-state index contributed by atoms with van der Waals surface area (Å²) in [7, 11) is 0. The number of aromatic nitrogens is 1. The number of nitrogens with zero attached hydrogens (tertiary/aromatic N) is 1. The van der Waals surface area contributed by atoms with Gasteiger partial charge in [-0.1, -0.05) is 6.08 Å². The van der Waals surface area contributed by atoms with Gasteiger partial charge < -0.3 is 5.32 Å². The van der Waals surface area contributed by atoms with Crippen molar-refractivity contribution in [3.05, 3.63) is 24.2 Å². The Morgan fingerprint density at radius 1 is 1.73 bits per heavy atom. The van der Waals surface area contributed by atoms with E-state index in [0.29, 0.717) is 0 Å². The molecule has 0 aromatic carbocycles. The average molecular weight is 168 g/mol. The van der Waals surface area contributed by atoms with E-state index in [-0.39, 0.29) is 0 Å². The first-order chi connectivity index (χ1) is 5.43. The van der Waals surface area contributed by atoms with Crippen LogP contribution in [-0.2, 0) is 0 Å². The normalized spacial score (nSPS) is 9.45. The smallest absolute Gasteiger partial charge is 0.182 e. The highest BCUT2D eigenvalue weighted by Gasteiger charge is 1.90. The molecule has 0 atom stereocenters. The topological polar surface area (TPSA) is 24.9 Å². The van der Waals surface area contributed by atoms with Gasteiger partial charge in [0.2, 0.25) is 0 Å². The second-order valence-corrected chi connectivity index (χ2v) is 3.09. The molecule has 0 aliphatic carbocycles. The second kappa shape index (κ2) is 4.91. The molecular formula is C8H12N2S. The molecule has 0 aliphatic heterocycles. The maximum Gasteiger partial charge on any atom is 0.182 e. The van der Waals surface area contributed by atoms with Crippen LogP contribution in [0.5, 0.6) is 0 Å². The van der Waals surface area contributed by atoms with E-state index in [0.717, 1.165) is 24.5 Å². The van der Waals surface area contributed by atoms with Gasteiger partial charge in [-0.2, -0.15) is 0 Å². The molecule has 0 unspecified atom stereocenters. The van der Waals surface area contributed by atoms with Gasteiger partial charge in [0.15, 0.2) is 5.13 Å². The Labute approximate surface area is 71.0 Å². The van der Waals surface area contributed by atoms with Crippen molar-refractivity contribution in [1.82, 2.24) is 4.98 Å². The standard InChI is InChI=1S/C8H12N2S/c1-2-3-4-5-9-8-10-6-7-11-8/h2,6-7H,1,3-5H2,(H,9,10). The second-order valence-electron chi connectivity index (χ2n) is 2.19. The Hall–Kier alpha value is -0.830. The van der Waals surface area contributed by atoms with Gasteiger partial charge in [0, 0.05) is 18.1 Å². The zero-order valence-electron chi connectivity index (χ0n) is 6.42. The molecule has 0 bridgehead atoms. The van der Waals surface area contributed by atoms with E-state index in [4.69, 9.17) is 0 Å². The van der Waals surface area contributed by atoms with Gasteiger partial charge in [0.05, 0.1) is 0 Å². The number of rotatable bonds is 5. The molecule has 0 radical (unpaired) electrons. The third-order valence-corrected chi connectivity index (χ3v) is 2.02. The van der Waals surface area contributed by atoms with E-state index in [1.54, 1.807) is 17.5 Å². The van der Waals surface area contributed by atoms with Crippen molar-refractivity contribution in [1.29, 1.82) is 0 Å². The van der Waals surface area contributed by atoms with E-state index in [9.17, 15) is 0 Å². The number of hydrogen-bond donors (Lipinski definition) is 1. The molecule has 11 heavy (non-hydrogen) atoms. The Balaban J connectivity index is 2.09. The minimum absolute atomic E-state index is 0.986. The van der Waals surface area contributed by atoms with Crippen LogP contribution >= 0.6 is 11.3 Å². The molecule has 1 heterocycles. The van der Waals surface area contributed by atoms with E-state index in [1.165, 1.54) is 0 Å². The summed E-state index contributed by atoms with van der Waals surface area (Å²) in [6.45, 7) is 4.64. The van der Waals surface area contributed by atoms with Crippen LogP contribution in [0.4, 0.5) is 5.13 Å². The fourth-order valence-electron chi connectivity index (χ4n) is 0.752. The van der Waals surface area contributed by atoms with Crippen LogP contribution in [0.15, 0.2) is 24.2 Å². The van der Waals surface area contributed by atoms with E-state index < -0.39 is 0 Å². The van der Waals surface area contributed by atoms with Crippen LogP contribution in [0.2, 0.25) is 0 Å². The molecule has 2 nitrogen and oxygen atoms in total. The summed E-state index contributed by atoms with van der Waals surface area (Å²) in [5.41, 5.74) is 0. The minimum atomic E-state index is 0.986. The quantitative estimate of drug-likeness (QED) is 0.540. The summed E-state index contributed by atoms with van der Waals surface area (Å²) in [5.74, 6) is 0. The molecule has 0 saturated carbocycles. The van der Waals surface area contributed by atoms with Gasteiger partial charge >= 0.3 is 0 Å². The first-order valence-electron chi connectivity index (χ1n) is 3.68. The number of hydrogen-bond acceptors (Lipinski definition) is 3. The third kappa shape index (κ3) is 3.18. The van der Waals surface area contributed by atoms with Gasteiger partial charge in [-0.15, -0.1) is 17.9 Å². The Bertz CT molecular complexity index is 194. The highest BCUT2D eigenvalue weighted by atomic mass is 32.1. The van der Waals surface area contributed by atoms with Gasteiger partial charge in [0.25, 0.3) is 0 Å². The molecule has 1 N–H and O–H groups in total. The molecule has 3 heteroatoms. The van der Waals surface area contributed by atoms with Crippen LogP contribution in [-0.4, -0.2) is 11.5 Å². The monoisotopic (exact) mass is 168 g/mol. The predicted octanol–water partition coefficient (Wildman–Crippen LogP) is 2.52. The number of unbranched alkanes of at least 4 members (excludes halogenated alkanes) is 1. The molecule has 0 amide bonds. The lowest BCUT2D eigenvalue weighted by atomic mass is 10.3. The van der Waals surface area contributed by atoms with Crippen molar-refractivity contribution >= 4 is 16.5 Å². The molecular weight excluding hydrogens is 156 g/mol. The molecule has 0 aliphatic rings. The molecule has 1 aromatic rings. The zero-order valence-corrected chi connectivity index (χ0v) is 7.23. The van der Waals surface area contributed by atoms with Crippen molar-refractivity contribution in [3.8, 4) is 0 Å². The lowest BCUT2D eigenvalue weighted by Gasteiger charge is -1.98. The molecule has 0 spiro atoms. The van der Waals surface area contributed by atoms with Crippen molar-refractivity contribution in [2.75, 3.05) is 11.9 Å². The number of thiazole rings is 1. The fraction of sp³-hybridized carbons (Fsp3) is 0.375. The number of anilines is 1. The van der Waals surface area contributed by atoms with Crippen molar-refractivity contribution in [2.24, 2.45) is 0 Å². The molecule has 0 fully saturated rings. The van der Waals surface area contributed by atoms with E-state index >= 15 is 0 Å². The SMILES string of the molecule is C=CCCCNc1nccs1. The minimum Gasteiger partial charge on any atom is -0.362 e. The first kappa shape index (κ1) is 8.27. The van der Waals surface area contributed by atoms with Gasteiger partial charge in [0.1, 0.15) is 0 Å². The van der Waals surface area contributed by atoms with Crippen LogP contribution in [0, 0.1) is 0 Å². The summed E-state index contributed by atoms with van der Waals surface area (Å²) in [6, 6.07) is 0. The summed E-state index contributed by atoms with van der Waals surface area (Å²) < 4.78 is 0. The Morgan fingerprint density at radius 2 is 2.64 bits per heavy atom. The molecule has 0 saturated heterocycles. The molecule has 1 rings (SSSR count). The fourth-order valence-corrected chi connectivity index (χ4v) is 1.31. The molecule has 60 valence electrons. The first-order valence-corrected chi connectivity index (χ1v) is 4.55. The average Bonchev–Trinajstić information content (AvgIpc) is 2.50. The van der Waals surface area contributed by atoms with Crippen molar-refractivity contribution in [3.63, 3.8) is 0 Å². The summed E-state index contributed by atoms with van der Waals surface area (Å²) in [5, 5.41) is 6.20. The Kier molecular flexibility index (Phi) is 3.69. The van der Waals surface area contributed by atoms with E-state index in [2.05, 4.69) is 16.9 Å². The predicted molar refractivity (Wildman–Crippen MR) is 50.0 cm³/mol. The third-order valence-electron chi connectivity index (χ3n) is 1.29. The van der Waals surface area contributed by atoms with Gasteiger partial charge in [-0.3, -0.25) is 0 Å². The zero-order chi connectivity index (χ0) is 7.94. The van der Waals surface area contributed by atoms with Crippen molar-refractivity contribution < 1.29 is 0 Å². The summed E-state index contributed by atoms with van der Waals surface area (Å²) in [4.78, 5) is 4.10. The summed E-state index contributed by atoms with van der Waals surface area (Å²) >= 11 is 1.63. The van der Waals surface area contributed by atoms with Crippen LogP contribution in [0.25, 0.3) is 0 Å². The number of allylic oxidation sites excluding steroid dienone is 1. The largest absolute Gasteiger partial charge is 0.362 e. The maximum absolute atomic E-state index is 4.10. The van der Waals surface area contributed by atoms with Gasteiger partial charge in [-0.25, -0.2) is 4.98 Å². The van der Waals surface area contributed by atoms with Crippen LogP contribution in [0.3, 0.4) is 0 Å². The maximum atomic E-state index is 4.10. The lowest BCUT2D eigenvalue weighted by molar-refractivity contribution is 0.889. The lowest BCUT2D eigenvalue weighted by Crippen LogP contribution is -1.99. The highest BCUT2D eigenvalue weighted by Crippen LogP contribution is 2.09.